The molecule has 1 nitrogen and oxygen atoms in total. The first-order chi connectivity index (χ1) is 9.01. The Kier molecular flexibility index (Phi) is 4.46. The second kappa shape index (κ2) is 5.91. The summed E-state index contributed by atoms with van der Waals surface area (Å²) in [6.07, 6.45) is 0. The first-order valence-electron chi connectivity index (χ1n) is 5.94. The fourth-order valence-electron chi connectivity index (χ4n) is 1.91. The SMILES string of the molecule is CNC(C)c1ccc(F)c(-c2cc(Cl)cc(Cl)c2)c1. The Bertz CT molecular complexity index is 578. The molecule has 2 aromatic carbocycles. The monoisotopic (exact) mass is 297 g/mol. The summed E-state index contributed by atoms with van der Waals surface area (Å²) in [5.41, 5.74) is 2.19. The fourth-order valence-corrected chi connectivity index (χ4v) is 2.44. The number of hydrogen-bond acceptors (Lipinski definition) is 1. The molecule has 0 heterocycles. The predicted molar refractivity (Wildman–Crippen MR) is 79.3 cm³/mol. The lowest BCUT2D eigenvalue weighted by atomic mass is 9.99. The summed E-state index contributed by atoms with van der Waals surface area (Å²) in [6, 6.07) is 10.2. The minimum atomic E-state index is -0.287. The third kappa shape index (κ3) is 3.27. The molecule has 0 fully saturated rings. The molecule has 1 unspecified atom stereocenters. The van der Waals surface area contributed by atoms with E-state index >= 15 is 0 Å². The molecule has 0 amide bonds. The van der Waals surface area contributed by atoms with Crippen LogP contribution in [0.1, 0.15) is 18.5 Å². The van der Waals surface area contributed by atoms with Crippen molar-refractivity contribution in [3.05, 3.63) is 57.8 Å². The van der Waals surface area contributed by atoms with Crippen molar-refractivity contribution in [2.45, 2.75) is 13.0 Å². The zero-order chi connectivity index (χ0) is 14.0. The lowest BCUT2D eigenvalue weighted by Gasteiger charge is -2.13. The van der Waals surface area contributed by atoms with Crippen molar-refractivity contribution in [3.63, 3.8) is 0 Å². The van der Waals surface area contributed by atoms with Crippen LogP contribution in [0.5, 0.6) is 0 Å². The van der Waals surface area contributed by atoms with E-state index in [1.807, 2.05) is 20.0 Å². The summed E-state index contributed by atoms with van der Waals surface area (Å²) in [6.45, 7) is 2.02. The van der Waals surface area contributed by atoms with Crippen molar-refractivity contribution < 1.29 is 4.39 Å². The molecule has 0 aliphatic heterocycles. The van der Waals surface area contributed by atoms with Gasteiger partial charge in [0.05, 0.1) is 0 Å². The van der Waals surface area contributed by atoms with E-state index in [2.05, 4.69) is 5.32 Å². The van der Waals surface area contributed by atoms with Crippen molar-refractivity contribution >= 4 is 23.2 Å². The maximum Gasteiger partial charge on any atom is 0.131 e. The number of hydrogen-bond donors (Lipinski definition) is 1. The molecular weight excluding hydrogens is 284 g/mol. The van der Waals surface area contributed by atoms with Crippen molar-refractivity contribution in [1.29, 1.82) is 0 Å². The molecule has 0 aliphatic rings. The van der Waals surface area contributed by atoms with Gasteiger partial charge in [-0.15, -0.1) is 0 Å². The van der Waals surface area contributed by atoms with Crippen LogP contribution in [0.15, 0.2) is 36.4 Å². The van der Waals surface area contributed by atoms with Crippen LogP contribution >= 0.6 is 23.2 Å². The van der Waals surface area contributed by atoms with E-state index < -0.39 is 0 Å². The maximum atomic E-state index is 14.0. The molecule has 19 heavy (non-hydrogen) atoms. The van der Waals surface area contributed by atoms with E-state index in [0.29, 0.717) is 21.2 Å². The minimum absolute atomic E-state index is 0.147. The minimum Gasteiger partial charge on any atom is -0.313 e. The third-order valence-corrected chi connectivity index (χ3v) is 3.53. The molecule has 0 radical (unpaired) electrons. The van der Waals surface area contributed by atoms with Gasteiger partial charge in [-0.05, 0) is 55.4 Å². The Morgan fingerprint density at radius 1 is 1.05 bits per heavy atom. The molecule has 0 aliphatic carbocycles. The molecule has 0 saturated heterocycles. The molecule has 100 valence electrons. The summed E-state index contributed by atoms with van der Waals surface area (Å²) in [7, 11) is 1.87. The van der Waals surface area contributed by atoms with Gasteiger partial charge in [0, 0.05) is 21.7 Å². The van der Waals surface area contributed by atoms with Gasteiger partial charge in [-0.2, -0.15) is 0 Å². The highest BCUT2D eigenvalue weighted by molar-refractivity contribution is 6.35. The number of halogens is 3. The van der Waals surface area contributed by atoms with Crippen molar-refractivity contribution in [2.24, 2.45) is 0 Å². The first kappa shape index (κ1) is 14.3. The normalized spacial score (nSPS) is 12.5. The van der Waals surface area contributed by atoms with Gasteiger partial charge in [-0.3, -0.25) is 0 Å². The molecule has 1 N–H and O–H groups in total. The Labute approximate surface area is 122 Å². The zero-order valence-corrected chi connectivity index (χ0v) is 12.2. The van der Waals surface area contributed by atoms with Crippen LogP contribution in [0.3, 0.4) is 0 Å². The Morgan fingerprint density at radius 3 is 2.26 bits per heavy atom. The first-order valence-corrected chi connectivity index (χ1v) is 6.70. The van der Waals surface area contributed by atoms with Crippen LogP contribution in [0.25, 0.3) is 11.1 Å². The van der Waals surface area contributed by atoms with Crippen molar-refractivity contribution in [3.8, 4) is 11.1 Å². The number of nitrogens with one attached hydrogen (secondary N) is 1. The van der Waals surface area contributed by atoms with Crippen LogP contribution in [0.4, 0.5) is 4.39 Å². The maximum absolute atomic E-state index is 14.0. The van der Waals surface area contributed by atoms with E-state index in [1.165, 1.54) is 6.07 Å². The molecule has 0 bridgehead atoms. The smallest absolute Gasteiger partial charge is 0.131 e. The highest BCUT2D eigenvalue weighted by atomic mass is 35.5. The van der Waals surface area contributed by atoms with Gasteiger partial charge in [0.25, 0.3) is 0 Å². The Hall–Kier alpha value is -1.09. The highest BCUT2D eigenvalue weighted by Gasteiger charge is 2.10. The lowest BCUT2D eigenvalue weighted by Crippen LogP contribution is -2.12. The predicted octanol–water partition coefficient (Wildman–Crippen LogP) is 5.08. The van der Waals surface area contributed by atoms with Gasteiger partial charge in [0.1, 0.15) is 5.82 Å². The van der Waals surface area contributed by atoms with E-state index in [9.17, 15) is 4.39 Å². The largest absolute Gasteiger partial charge is 0.313 e. The van der Waals surface area contributed by atoms with Crippen LogP contribution in [0, 0.1) is 5.82 Å². The summed E-state index contributed by atoms with van der Waals surface area (Å²) < 4.78 is 14.0. The average molecular weight is 298 g/mol. The topological polar surface area (TPSA) is 12.0 Å². The summed E-state index contributed by atoms with van der Waals surface area (Å²) in [5.74, 6) is -0.287. The molecule has 1 atom stereocenters. The van der Waals surface area contributed by atoms with Gasteiger partial charge in [-0.1, -0.05) is 29.3 Å². The van der Waals surface area contributed by atoms with Crippen molar-refractivity contribution in [1.82, 2.24) is 5.32 Å². The fraction of sp³-hybridized carbons (Fsp3) is 0.200. The molecule has 2 aromatic rings. The van der Waals surface area contributed by atoms with Crippen molar-refractivity contribution in [2.75, 3.05) is 7.05 Å². The van der Waals surface area contributed by atoms with E-state index in [-0.39, 0.29) is 11.9 Å². The van der Waals surface area contributed by atoms with Crippen LogP contribution in [-0.2, 0) is 0 Å². The summed E-state index contributed by atoms with van der Waals surface area (Å²) >= 11 is 11.9. The average Bonchev–Trinajstić information content (AvgIpc) is 2.37. The van der Waals surface area contributed by atoms with Gasteiger partial charge < -0.3 is 5.32 Å². The molecular formula is C15H14Cl2FN. The quantitative estimate of drug-likeness (QED) is 0.833. The van der Waals surface area contributed by atoms with E-state index in [0.717, 1.165) is 5.56 Å². The zero-order valence-electron chi connectivity index (χ0n) is 10.7. The van der Waals surface area contributed by atoms with Gasteiger partial charge in [-0.25, -0.2) is 4.39 Å². The lowest BCUT2D eigenvalue weighted by molar-refractivity contribution is 0.622. The van der Waals surface area contributed by atoms with E-state index in [4.69, 9.17) is 23.2 Å². The van der Waals surface area contributed by atoms with Crippen LogP contribution in [0.2, 0.25) is 10.0 Å². The molecule has 0 saturated carbocycles. The molecule has 2 rings (SSSR count). The standard InChI is InChI=1S/C15H14Cl2FN/c1-9(19-2)10-3-4-15(18)14(7-10)11-5-12(16)8-13(17)6-11/h3-9,19H,1-2H3. The van der Waals surface area contributed by atoms with Crippen LogP contribution < -0.4 is 5.32 Å². The summed E-state index contributed by atoms with van der Waals surface area (Å²) in [5, 5.41) is 4.12. The Balaban J connectivity index is 2.54. The number of rotatable bonds is 3. The third-order valence-electron chi connectivity index (χ3n) is 3.10. The van der Waals surface area contributed by atoms with Gasteiger partial charge in [0.2, 0.25) is 0 Å². The van der Waals surface area contributed by atoms with Gasteiger partial charge in [0.15, 0.2) is 0 Å². The second-order valence-electron chi connectivity index (χ2n) is 4.41. The Morgan fingerprint density at radius 2 is 1.68 bits per heavy atom. The molecule has 0 spiro atoms. The molecule has 4 heteroatoms. The van der Waals surface area contributed by atoms with E-state index in [1.54, 1.807) is 24.3 Å². The summed E-state index contributed by atoms with van der Waals surface area (Å²) in [4.78, 5) is 0. The van der Waals surface area contributed by atoms with Crippen LogP contribution in [-0.4, -0.2) is 7.05 Å². The highest BCUT2D eigenvalue weighted by Crippen LogP contribution is 2.30. The van der Waals surface area contributed by atoms with Gasteiger partial charge >= 0.3 is 0 Å². The second-order valence-corrected chi connectivity index (χ2v) is 5.28. The number of benzene rings is 2. The molecule has 0 aromatic heterocycles.